The summed E-state index contributed by atoms with van der Waals surface area (Å²) in [4.78, 5) is 20.4. The van der Waals surface area contributed by atoms with Crippen LogP contribution in [0.4, 0.5) is 0 Å². The zero-order chi connectivity index (χ0) is 17.4. The van der Waals surface area contributed by atoms with Gasteiger partial charge in [0.2, 0.25) is 5.79 Å². The molecule has 1 aromatic carbocycles. The van der Waals surface area contributed by atoms with Gasteiger partial charge in [0.1, 0.15) is 11.9 Å². The maximum absolute atomic E-state index is 13.0. The molecule has 1 aliphatic carbocycles. The number of fused-ring (bicyclic) bond motifs is 3. The van der Waals surface area contributed by atoms with E-state index < -0.39 is 5.79 Å². The Morgan fingerprint density at radius 1 is 1.20 bits per heavy atom. The van der Waals surface area contributed by atoms with Crippen LogP contribution in [0.15, 0.2) is 35.2 Å². The Kier molecular flexibility index (Phi) is 4.90. The first-order valence-electron chi connectivity index (χ1n) is 8.97. The number of carbonyl (C=O) groups is 1. The van der Waals surface area contributed by atoms with Crippen molar-refractivity contribution in [3.05, 3.63) is 30.3 Å². The predicted molar refractivity (Wildman–Crippen MR) is 95.2 cm³/mol. The van der Waals surface area contributed by atoms with Crippen molar-refractivity contribution in [1.29, 1.82) is 0 Å². The van der Waals surface area contributed by atoms with E-state index in [-0.39, 0.29) is 29.1 Å². The maximum atomic E-state index is 13.0. The minimum absolute atomic E-state index is 0.139. The Hall–Kier alpha value is -0.920. The summed E-state index contributed by atoms with van der Waals surface area (Å²) in [6.45, 7) is 0.880. The molecule has 2 heterocycles. The van der Waals surface area contributed by atoms with Crippen molar-refractivity contribution in [1.82, 2.24) is 5.06 Å². The van der Waals surface area contributed by atoms with Gasteiger partial charge in [-0.25, -0.2) is 0 Å². The van der Waals surface area contributed by atoms with Gasteiger partial charge in [0.15, 0.2) is 0 Å². The van der Waals surface area contributed by atoms with Gasteiger partial charge < -0.3 is 9.47 Å². The summed E-state index contributed by atoms with van der Waals surface area (Å²) in [5.74, 6) is -0.804. The number of methoxy groups -OCH3 is 2. The second-order valence-corrected chi connectivity index (χ2v) is 8.25. The molecule has 0 unspecified atom stereocenters. The zero-order valence-corrected chi connectivity index (χ0v) is 15.5. The number of ketones is 1. The topological polar surface area (TPSA) is 48.0 Å². The molecule has 3 aliphatic rings. The second-order valence-electron chi connectivity index (χ2n) is 6.98. The van der Waals surface area contributed by atoms with E-state index in [1.807, 2.05) is 23.3 Å². The number of Topliss-reactive ketones (excluding diaryl/α,β-unsaturated/α-hetero) is 1. The van der Waals surface area contributed by atoms with E-state index >= 15 is 0 Å². The highest BCUT2D eigenvalue weighted by Gasteiger charge is 2.64. The fourth-order valence-corrected chi connectivity index (χ4v) is 5.93. The zero-order valence-electron chi connectivity index (χ0n) is 14.7. The number of rotatable bonds is 4. The molecule has 6 heteroatoms. The summed E-state index contributed by atoms with van der Waals surface area (Å²) in [5, 5.41) is 1.87. The van der Waals surface area contributed by atoms with Crippen molar-refractivity contribution < 1.29 is 19.1 Å². The molecule has 0 bridgehead atoms. The monoisotopic (exact) mass is 363 g/mol. The van der Waals surface area contributed by atoms with Gasteiger partial charge in [0.05, 0.1) is 11.2 Å². The van der Waals surface area contributed by atoms with Crippen LogP contribution in [-0.2, 0) is 19.1 Å². The summed E-state index contributed by atoms with van der Waals surface area (Å²) in [7, 11) is 3.32. The number of thioether (sulfide) groups is 1. The quantitative estimate of drug-likeness (QED) is 0.767. The van der Waals surface area contributed by atoms with E-state index in [2.05, 4.69) is 12.1 Å². The van der Waals surface area contributed by atoms with Gasteiger partial charge >= 0.3 is 0 Å². The van der Waals surface area contributed by atoms with Gasteiger partial charge in [0.25, 0.3) is 0 Å². The van der Waals surface area contributed by atoms with Crippen molar-refractivity contribution >= 4 is 17.5 Å². The van der Waals surface area contributed by atoms with Crippen LogP contribution >= 0.6 is 11.8 Å². The lowest BCUT2D eigenvalue weighted by atomic mass is 9.75. The summed E-state index contributed by atoms with van der Waals surface area (Å²) >= 11 is 1.64. The van der Waals surface area contributed by atoms with Crippen LogP contribution in [-0.4, -0.2) is 54.8 Å². The first kappa shape index (κ1) is 17.5. The largest absolute Gasteiger partial charge is 0.350 e. The van der Waals surface area contributed by atoms with E-state index in [9.17, 15) is 4.79 Å². The molecule has 1 saturated carbocycles. The highest BCUT2D eigenvalue weighted by molar-refractivity contribution is 8.00. The maximum Gasteiger partial charge on any atom is 0.210 e. The molecular formula is C19H25NO4S. The summed E-state index contributed by atoms with van der Waals surface area (Å²) < 4.78 is 11.9. The highest BCUT2D eigenvalue weighted by atomic mass is 32.2. The Balaban J connectivity index is 1.66. The van der Waals surface area contributed by atoms with Gasteiger partial charge in [-0.2, -0.15) is 5.06 Å². The van der Waals surface area contributed by atoms with Crippen molar-refractivity contribution in [3.63, 3.8) is 0 Å². The Bertz CT molecular complexity index is 621. The molecule has 1 aromatic rings. The molecule has 5 nitrogen and oxygen atoms in total. The molecule has 25 heavy (non-hydrogen) atoms. The van der Waals surface area contributed by atoms with Crippen LogP contribution < -0.4 is 0 Å². The molecule has 0 N–H and O–H groups in total. The second kappa shape index (κ2) is 7.00. The summed E-state index contributed by atoms with van der Waals surface area (Å²) in [6.07, 6.45) is 3.33. The van der Waals surface area contributed by atoms with Crippen LogP contribution in [0.3, 0.4) is 0 Å². The minimum Gasteiger partial charge on any atom is -0.350 e. The van der Waals surface area contributed by atoms with Gasteiger partial charge in [0, 0.05) is 38.1 Å². The van der Waals surface area contributed by atoms with Crippen LogP contribution in [0.1, 0.15) is 25.7 Å². The molecule has 4 atom stereocenters. The number of ether oxygens (including phenoxy) is 2. The molecular weight excluding hydrogens is 338 g/mol. The summed E-state index contributed by atoms with van der Waals surface area (Å²) in [6, 6.07) is 10.3. The Morgan fingerprint density at radius 2 is 1.96 bits per heavy atom. The third-order valence-electron chi connectivity index (χ3n) is 5.75. The molecule has 2 saturated heterocycles. The first-order valence-corrected chi connectivity index (χ1v) is 9.85. The molecule has 3 fully saturated rings. The van der Waals surface area contributed by atoms with Crippen LogP contribution in [0.25, 0.3) is 0 Å². The van der Waals surface area contributed by atoms with Crippen LogP contribution in [0.2, 0.25) is 0 Å². The lowest BCUT2D eigenvalue weighted by molar-refractivity contribution is -0.306. The number of nitrogens with zero attached hydrogens (tertiary/aromatic N) is 1. The Morgan fingerprint density at radius 3 is 2.68 bits per heavy atom. The standard InChI is InChI=1S/C19H25NO4S/c1-22-19(23-2)16(25-13-8-4-3-5-9-13)12-15(21)17-14-10-6-7-11-20(14)24-18(17)19/h3-5,8-9,14,16-18H,6-7,10-12H2,1-2H3/t14-,16+,17+,18+/m0/s1. The smallest absolute Gasteiger partial charge is 0.210 e. The lowest BCUT2D eigenvalue weighted by Gasteiger charge is -2.46. The summed E-state index contributed by atoms with van der Waals surface area (Å²) in [5.41, 5.74) is 0. The van der Waals surface area contributed by atoms with E-state index in [0.29, 0.717) is 6.42 Å². The van der Waals surface area contributed by atoms with Crippen molar-refractivity contribution in [2.75, 3.05) is 20.8 Å². The lowest BCUT2D eigenvalue weighted by Crippen LogP contribution is -2.62. The number of hydrogen-bond donors (Lipinski definition) is 0. The van der Waals surface area contributed by atoms with Gasteiger partial charge in [-0.05, 0) is 25.0 Å². The van der Waals surface area contributed by atoms with Crippen LogP contribution in [0, 0.1) is 5.92 Å². The fraction of sp³-hybridized carbons (Fsp3) is 0.632. The molecule has 2 aliphatic heterocycles. The average molecular weight is 363 g/mol. The number of carbonyl (C=O) groups excluding carboxylic acids is 1. The molecule has 0 aromatic heterocycles. The number of hydrogen-bond acceptors (Lipinski definition) is 6. The number of hydroxylamine groups is 2. The van der Waals surface area contributed by atoms with Crippen molar-refractivity contribution in [2.45, 2.75) is 53.8 Å². The Labute approximate surface area is 152 Å². The fourth-order valence-electron chi connectivity index (χ4n) is 4.55. The molecule has 0 amide bonds. The first-order chi connectivity index (χ1) is 12.2. The van der Waals surface area contributed by atoms with Crippen LogP contribution in [0.5, 0.6) is 0 Å². The predicted octanol–water partition coefficient (Wildman–Crippen LogP) is 2.89. The molecule has 0 spiro atoms. The molecule has 136 valence electrons. The van der Waals surface area contributed by atoms with Gasteiger partial charge in [-0.15, -0.1) is 11.8 Å². The van der Waals surface area contributed by atoms with E-state index in [1.165, 1.54) is 0 Å². The number of benzene rings is 1. The van der Waals surface area contributed by atoms with E-state index in [4.69, 9.17) is 14.3 Å². The van der Waals surface area contributed by atoms with E-state index in [0.717, 1.165) is 30.7 Å². The van der Waals surface area contributed by atoms with Gasteiger partial charge in [-0.3, -0.25) is 9.63 Å². The van der Waals surface area contributed by atoms with Crippen molar-refractivity contribution in [2.24, 2.45) is 5.92 Å². The minimum atomic E-state index is -0.920. The number of piperidine rings is 1. The van der Waals surface area contributed by atoms with Crippen molar-refractivity contribution in [3.8, 4) is 0 Å². The third kappa shape index (κ3) is 2.84. The SMILES string of the molecule is COC1(OC)[C@@H]2ON3CCCC[C@H]3[C@@H]2C(=O)C[C@H]1Sc1ccccc1. The van der Waals surface area contributed by atoms with Gasteiger partial charge in [-0.1, -0.05) is 24.6 Å². The molecule has 0 radical (unpaired) electrons. The average Bonchev–Trinajstić information content (AvgIpc) is 3.04. The highest BCUT2D eigenvalue weighted by Crippen LogP contribution is 2.50. The third-order valence-corrected chi connectivity index (χ3v) is 7.08. The molecule has 4 rings (SSSR count). The normalized spacial score (nSPS) is 34.6. The van der Waals surface area contributed by atoms with E-state index in [1.54, 1.807) is 26.0 Å².